The third kappa shape index (κ3) is 2.61. The van der Waals surface area contributed by atoms with Gasteiger partial charge in [-0.05, 0) is 23.6 Å². The SMILES string of the molecule is COc1ccc(C(C)C)cc1-c1nc(CN)nn1C. The third-order valence-electron chi connectivity index (χ3n) is 3.12. The van der Waals surface area contributed by atoms with Crippen LogP contribution in [0.5, 0.6) is 5.75 Å². The lowest BCUT2D eigenvalue weighted by Gasteiger charge is -2.12. The fraction of sp³-hybridized carbons (Fsp3) is 0.429. The molecule has 0 saturated heterocycles. The Morgan fingerprint density at radius 2 is 2.11 bits per heavy atom. The van der Waals surface area contributed by atoms with Gasteiger partial charge in [0.15, 0.2) is 11.6 Å². The molecular weight excluding hydrogens is 240 g/mol. The summed E-state index contributed by atoms with van der Waals surface area (Å²) in [5.41, 5.74) is 7.78. The summed E-state index contributed by atoms with van der Waals surface area (Å²) in [5.74, 6) is 2.66. The first-order chi connectivity index (χ1) is 9.06. The molecule has 0 aliphatic rings. The molecule has 0 aliphatic carbocycles. The van der Waals surface area contributed by atoms with Crippen molar-refractivity contribution in [3.05, 3.63) is 29.6 Å². The Labute approximate surface area is 113 Å². The summed E-state index contributed by atoms with van der Waals surface area (Å²) in [6.07, 6.45) is 0. The fourth-order valence-corrected chi connectivity index (χ4v) is 2.02. The van der Waals surface area contributed by atoms with E-state index in [9.17, 15) is 0 Å². The van der Waals surface area contributed by atoms with Crippen molar-refractivity contribution < 1.29 is 4.74 Å². The van der Waals surface area contributed by atoms with Gasteiger partial charge in [-0.1, -0.05) is 19.9 Å². The fourth-order valence-electron chi connectivity index (χ4n) is 2.02. The molecule has 2 aromatic rings. The largest absolute Gasteiger partial charge is 0.496 e. The quantitative estimate of drug-likeness (QED) is 0.914. The minimum atomic E-state index is 0.333. The van der Waals surface area contributed by atoms with E-state index < -0.39 is 0 Å². The summed E-state index contributed by atoms with van der Waals surface area (Å²) in [6, 6.07) is 6.16. The predicted octanol–water partition coefficient (Wildman–Crippen LogP) is 2.07. The van der Waals surface area contributed by atoms with Crippen molar-refractivity contribution in [3.8, 4) is 17.1 Å². The van der Waals surface area contributed by atoms with Crippen LogP contribution in [0.2, 0.25) is 0 Å². The summed E-state index contributed by atoms with van der Waals surface area (Å²) >= 11 is 0. The van der Waals surface area contributed by atoms with E-state index in [1.807, 2.05) is 13.1 Å². The molecule has 1 aromatic carbocycles. The van der Waals surface area contributed by atoms with Gasteiger partial charge in [-0.2, -0.15) is 5.10 Å². The molecule has 0 amide bonds. The van der Waals surface area contributed by atoms with Crippen molar-refractivity contribution in [2.45, 2.75) is 26.3 Å². The van der Waals surface area contributed by atoms with Crippen LogP contribution in [0.1, 0.15) is 31.2 Å². The normalized spacial score (nSPS) is 11.1. The first-order valence-corrected chi connectivity index (χ1v) is 6.35. The predicted molar refractivity (Wildman–Crippen MR) is 75.0 cm³/mol. The molecule has 2 N–H and O–H groups in total. The number of aryl methyl sites for hydroxylation is 1. The summed E-state index contributed by atoms with van der Waals surface area (Å²) in [5, 5.41) is 4.28. The summed E-state index contributed by atoms with van der Waals surface area (Å²) in [6.45, 7) is 4.65. The molecule has 0 saturated carbocycles. The zero-order valence-corrected chi connectivity index (χ0v) is 11.8. The van der Waals surface area contributed by atoms with Crippen LogP contribution < -0.4 is 10.5 Å². The number of hydrogen-bond donors (Lipinski definition) is 1. The van der Waals surface area contributed by atoms with E-state index in [1.165, 1.54) is 5.56 Å². The van der Waals surface area contributed by atoms with Crippen LogP contribution in [0.3, 0.4) is 0 Å². The van der Waals surface area contributed by atoms with Crippen LogP contribution >= 0.6 is 0 Å². The molecule has 0 atom stereocenters. The van der Waals surface area contributed by atoms with Crippen LogP contribution in [0.4, 0.5) is 0 Å². The highest BCUT2D eigenvalue weighted by Crippen LogP contribution is 2.31. The Hall–Kier alpha value is -1.88. The highest BCUT2D eigenvalue weighted by Gasteiger charge is 2.15. The van der Waals surface area contributed by atoms with Crippen LogP contribution in [-0.4, -0.2) is 21.9 Å². The molecule has 19 heavy (non-hydrogen) atoms. The maximum Gasteiger partial charge on any atom is 0.164 e. The van der Waals surface area contributed by atoms with E-state index >= 15 is 0 Å². The number of aromatic nitrogens is 3. The van der Waals surface area contributed by atoms with E-state index in [2.05, 4.69) is 36.1 Å². The van der Waals surface area contributed by atoms with Gasteiger partial charge in [0.2, 0.25) is 0 Å². The highest BCUT2D eigenvalue weighted by molar-refractivity contribution is 5.65. The monoisotopic (exact) mass is 260 g/mol. The van der Waals surface area contributed by atoms with Crippen molar-refractivity contribution in [2.75, 3.05) is 7.11 Å². The number of rotatable bonds is 4. The van der Waals surface area contributed by atoms with Crippen molar-refractivity contribution >= 4 is 0 Å². The van der Waals surface area contributed by atoms with Gasteiger partial charge in [-0.3, -0.25) is 0 Å². The summed E-state index contributed by atoms with van der Waals surface area (Å²) in [4.78, 5) is 4.45. The zero-order valence-electron chi connectivity index (χ0n) is 11.8. The molecule has 2 rings (SSSR count). The second-order valence-corrected chi connectivity index (χ2v) is 4.79. The maximum absolute atomic E-state index is 5.59. The van der Waals surface area contributed by atoms with E-state index in [0.29, 0.717) is 18.3 Å². The van der Waals surface area contributed by atoms with Gasteiger partial charge in [0.25, 0.3) is 0 Å². The topological polar surface area (TPSA) is 66.0 Å². The van der Waals surface area contributed by atoms with Gasteiger partial charge in [-0.25, -0.2) is 9.67 Å². The molecule has 1 heterocycles. The molecule has 0 bridgehead atoms. The third-order valence-corrected chi connectivity index (χ3v) is 3.12. The van der Waals surface area contributed by atoms with Gasteiger partial charge in [-0.15, -0.1) is 0 Å². The van der Waals surface area contributed by atoms with Gasteiger partial charge in [0.05, 0.1) is 19.2 Å². The van der Waals surface area contributed by atoms with Crippen molar-refractivity contribution in [3.63, 3.8) is 0 Å². The number of ether oxygens (including phenoxy) is 1. The zero-order chi connectivity index (χ0) is 14.0. The molecule has 0 radical (unpaired) electrons. The Bertz CT molecular complexity index is 575. The van der Waals surface area contributed by atoms with Crippen molar-refractivity contribution in [1.29, 1.82) is 0 Å². The first kappa shape index (κ1) is 13.5. The molecule has 5 heteroatoms. The van der Waals surface area contributed by atoms with Gasteiger partial charge in [0, 0.05) is 7.05 Å². The van der Waals surface area contributed by atoms with E-state index in [4.69, 9.17) is 10.5 Å². The molecule has 1 aromatic heterocycles. The number of nitrogens with zero attached hydrogens (tertiary/aromatic N) is 3. The Morgan fingerprint density at radius 1 is 1.37 bits per heavy atom. The molecule has 5 nitrogen and oxygen atoms in total. The maximum atomic E-state index is 5.59. The molecular formula is C14H20N4O. The molecule has 102 valence electrons. The van der Waals surface area contributed by atoms with Crippen LogP contribution in [0, 0.1) is 0 Å². The average Bonchev–Trinajstić information content (AvgIpc) is 2.79. The van der Waals surface area contributed by atoms with Gasteiger partial charge in [0.1, 0.15) is 5.75 Å². The molecule has 0 fully saturated rings. The van der Waals surface area contributed by atoms with Gasteiger partial charge < -0.3 is 10.5 Å². The average molecular weight is 260 g/mol. The second kappa shape index (κ2) is 5.40. The van der Waals surface area contributed by atoms with E-state index in [1.54, 1.807) is 11.8 Å². The molecule has 0 spiro atoms. The first-order valence-electron chi connectivity index (χ1n) is 6.35. The summed E-state index contributed by atoms with van der Waals surface area (Å²) in [7, 11) is 3.52. The Balaban J connectivity index is 2.57. The lowest BCUT2D eigenvalue weighted by Crippen LogP contribution is -1.99. The van der Waals surface area contributed by atoms with Crippen molar-refractivity contribution in [2.24, 2.45) is 12.8 Å². The Morgan fingerprint density at radius 3 is 2.63 bits per heavy atom. The number of nitrogens with two attached hydrogens (primary N) is 1. The van der Waals surface area contributed by atoms with Crippen LogP contribution in [0.25, 0.3) is 11.4 Å². The van der Waals surface area contributed by atoms with E-state index in [0.717, 1.165) is 17.1 Å². The lowest BCUT2D eigenvalue weighted by molar-refractivity contribution is 0.415. The molecule has 0 aliphatic heterocycles. The summed E-state index contributed by atoms with van der Waals surface area (Å²) < 4.78 is 7.16. The van der Waals surface area contributed by atoms with Crippen LogP contribution in [0.15, 0.2) is 18.2 Å². The molecule has 0 unspecified atom stereocenters. The minimum absolute atomic E-state index is 0.333. The standard InChI is InChI=1S/C14H20N4O/c1-9(2)10-5-6-12(19-4)11(7-10)14-16-13(8-15)17-18(14)3/h5-7,9H,8,15H2,1-4H3. The minimum Gasteiger partial charge on any atom is -0.496 e. The van der Waals surface area contributed by atoms with Gasteiger partial charge >= 0.3 is 0 Å². The number of methoxy groups -OCH3 is 1. The highest BCUT2D eigenvalue weighted by atomic mass is 16.5. The van der Waals surface area contributed by atoms with E-state index in [-0.39, 0.29) is 0 Å². The second-order valence-electron chi connectivity index (χ2n) is 4.79. The van der Waals surface area contributed by atoms with Crippen molar-refractivity contribution in [1.82, 2.24) is 14.8 Å². The lowest BCUT2D eigenvalue weighted by atomic mass is 10.00. The smallest absolute Gasteiger partial charge is 0.164 e. The number of benzene rings is 1. The van der Waals surface area contributed by atoms with Crippen LogP contribution in [-0.2, 0) is 13.6 Å². The Kier molecular flexibility index (Phi) is 3.85. The number of hydrogen-bond acceptors (Lipinski definition) is 4.